The van der Waals surface area contributed by atoms with E-state index in [1.54, 1.807) is 12.3 Å². The minimum absolute atomic E-state index is 0.343. The number of benzene rings is 2. The number of hydrogen-bond acceptors (Lipinski definition) is 4. The van der Waals surface area contributed by atoms with E-state index in [1.807, 2.05) is 6.07 Å². The first-order chi connectivity index (χ1) is 14.6. The van der Waals surface area contributed by atoms with Crippen molar-refractivity contribution in [2.24, 2.45) is 0 Å². The van der Waals surface area contributed by atoms with Crippen LogP contribution in [0.2, 0.25) is 0 Å². The summed E-state index contributed by atoms with van der Waals surface area (Å²) in [6, 6.07) is 18.4. The summed E-state index contributed by atoms with van der Waals surface area (Å²) in [5, 5.41) is 9.40. The Hall–Kier alpha value is -3.34. The second kappa shape index (κ2) is 8.99. The Balaban J connectivity index is 1.47. The van der Waals surface area contributed by atoms with Gasteiger partial charge in [-0.25, -0.2) is 4.79 Å². The van der Waals surface area contributed by atoms with E-state index >= 15 is 0 Å². The predicted molar refractivity (Wildman–Crippen MR) is 117 cm³/mol. The molecule has 0 bridgehead atoms. The largest absolute Gasteiger partial charge is 0.493 e. The monoisotopic (exact) mass is 402 g/mol. The molecule has 0 fully saturated rings. The van der Waals surface area contributed by atoms with Crippen LogP contribution in [0.4, 0.5) is 5.69 Å². The van der Waals surface area contributed by atoms with Gasteiger partial charge in [0.2, 0.25) is 0 Å². The molecule has 1 N–H and O–H groups in total. The fourth-order valence-electron chi connectivity index (χ4n) is 4.10. The zero-order valence-electron chi connectivity index (χ0n) is 17.1. The minimum Gasteiger partial charge on any atom is -0.493 e. The lowest BCUT2D eigenvalue weighted by Crippen LogP contribution is -2.19. The molecule has 154 valence electrons. The van der Waals surface area contributed by atoms with Crippen molar-refractivity contribution in [2.75, 3.05) is 18.6 Å². The van der Waals surface area contributed by atoms with Gasteiger partial charge < -0.3 is 14.7 Å². The molecule has 5 heteroatoms. The van der Waals surface area contributed by atoms with Gasteiger partial charge in [-0.1, -0.05) is 36.4 Å². The highest BCUT2D eigenvalue weighted by Gasteiger charge is 2.23. The molecule has 1 aliphatic heterocycles. The van der Waals surface area contributed by atoms with Crippen LogP contribution < -0.4 is 9.64 Å². The molecule has 4 rings (SSSR count). The van der Waals surface area contributed by atoms with E-state index in [-0.39, 0.29) is 0 Å². The van der Waals surface area contributed by atoms with Crippen molar-refractivity contribution in [3.63, 3.8) is 0 Å². The second-order valence-corrected chi connectivity index (χ2v) is 7.77. The van der Waals surface area contributed by atoms with E-state index in [1.165, 1.54) is 17.3 Å². The number of carboxylic acids is 1. The summed E-state index contributed by atoms with van der Waals surface area (Å²) in [6.07, 6.45) is 5.71. The van der Waals surface area contributed by atoms with Gasteiger partial charge in [-0.05, 0) is 54.0 Å². The summed E-state index contributed by atoms with van der Waals surface area (Å²) in [6.45, 7) is 1.52. The van der Waals surface area contributed by atoms with Crippen LogP contribution in [0.15, 0.2) is 67.0 Å². The summed E-state index contributed by atoms with van der Waals surface area (Å²) in [5.74, 6) is 0.392. The third-order valence-corrected chi connectivity index (χ3v) is 5.76. The number of aromatic carboxylic acids is 1. The number of nitrogens with zero attached hydrogens (tertiary/aromatic N) is 2. The van der Waals surface area contributed by atoms with Crippen LogP contribution in [-0.4, -0.2) is 29.7 Å². The molecule has 1 unspecified atom stereocenters. The van der Waals surface area contributed by atoms with Gasteiger partial charge in [-0.2, -0.15) is 0 Å². The maximum absolute atomic E-state index is 11.5. The van der Waals surface area contributed by atoms with E-state index in [0.717, 1.165) is 36.4 Å². The Kier molecular flexibility index (Phi) is 5.98. The zero-order chi connectivity index (χ0) is 20.9. The first-order valence-corrected chi connectivity index (χ1v) is 10.3. The van der Waals surface area contributed by atoms with Crippen molar-refractivity contribution in [1.82, 2.24) is 4.98 Å². The van der Waals surface area contributed by atoms with Crippen LogP contribution in [-0.2, 0) is 13.0 Å². The Morgan fingerprint density at radius 3 is 2.83 bits per heavy atom. The van der Waals surface area contributed by atoms with Gasteiger partial charge in [0.25, 0.3) is 0 Å². The highest BCUT2D eigenvalue weighted by Crippen LogP contribution is 2.39. The number of hydrogen-bond donors (Lipinski definition) is 1. The van der Waals surface area contributed by atoms with Crippen LogP contribution in [0.5, 0.6) is 5.75 Å². The average molecular weight is 402 g/mol. The third kappa shape index (κ3) is 4.46. The van der Waals surface area contributed by atoms with E-state index in [2.05, 4.69) is 59.4 Å². The Bertz CT molecular complexity index is 1020. The van der Waals surface area contributed by atoms with Crippen molar-refractivity contribution in [2.45, 2.75) is 31.7 Å². The van der Waals surface area contributed by atoms with Crippen molar-refractivity contribution in [3.05, 3.63) is 89.2 Å². The number of carbonyl (C=O) groups is 1. The number of fused-ring (bicyclic) bond motifs is 1. The Labute approximate surface area is 177 Å². The number of pyridine rings is 1. The SMILES string of the molecule is CN(Cc1ccccc1)c1ccc2c(c1)OCCC2CCc1cnccc1C(=O)O. The molecule has 2 heterocycles. The van der Waals surface area contributed by atoms with Gasteiger partial charge in [0.1, 0.15) is 5.75 Å². The molecule has 30 heavy (non-hydrogen) atoms. The average Bonchev–Trinajstić information content (AvgIpc) is 2.78. The number of ether oxygens (including phenoxy) is 1. The molecule has 0 spiro atoms. The fraction of sp³-hybridized carbons (Fsp3) is 0.280. The van der Waals surface area contributed by atoms with Gasteiger partial charge in [-0.3, -0.25) is 4.98 Å². The van der Waals surface area contributed by atoms with Crippen LogP contribution in [0.3, 0.4) is 0 Å². The summed E-state index contributed by atoms with van der Waals surface area (Å²) < 4.78 is 5.98. The number of rotatable bonds is 7. The molecule has 0 saturated heterocycles. The number of carboxylic acid groups (broad SMARTS) is 1. The molecule has 2 aromatic carbocycles. The highest BCUT2D eigenvalue weighted by molar-refractivity contribution is 5.89. The molecule has 0 amide bonds. The van der Waals surface area contributed by atoms with Crippen LogP contribution >= 0.6 is 0 Å². The van der Waals surface area contributed by atoms with Gasteiger partial charge in [0, 0.05) is 37.7 Å². The molecule has 0 aliphatic carbocycles. The van der Waals surface area contributed by atoms with Crippen LogP contribution in [0, 0.1) is 0 Å². The molecule has 0 saturated carbocycles. The fourth-order valence-corrected chi connectivity index (χ4v) is 4.10. The van der Waals surface area contributed by atoms with Crippen molar-refractivity contribution < 1.29 is 14.6 Å². The van der Waals surface area contributed by atoms with Crippen molar-refractivity contribution in [1.29, 1.82) is 0 Å². The van der Waals surface area contributed by atoms with Crippen molar-refractivity contribution >= 4 is 11.7 Å². The summed E-state index contributed by atoms with van der Waals surface area (Å²) in [7, 11) is 2.09. The summed E-state index contributed by atoms with van der Waals surface area (Å²) in [4.78, 5) is 17.8. The maximum Gasteiger partial charge on any atom is 0.336 e. The number of anilines is 1. The van der Waals surface area contributed by atoms with E-state index in [9.17, 15) is 9.90 Å². The van der Waals surface area contributed by atoms with Gasteiger partial charge in [-0.15, -0.1) is 0 Å². The topological polar surface area (TPSA) is 62.7 Å². The van der Waals surface area contributed by atoms with Crippen molar-refractivity contribution in [3.8, 4) is 5.75 Å². The van der Waals surface area contributed by atoms with Gasteiger partial charge >= 0.3 is 5.97 Å². The molecule has 3 aromatic rings. The molecular formula is C25H26N2O3. The summed E-state index contributed by atoms with van der Waals surface area (Å²) in [5.41, 5.74) is 4.73. The smallest absolute Gasteiger partial charge is 0.336 e. The first kappa shape index (κ1) is 20.0. The number of aryl methyl sites for hydroxylation is 1. The molecule has 1 atom stereocenters. The summed E-state index contributed by atoms with van der Waals surface area (Å²) >= 11 is 0. The molecule has 0 radical (unpaired) electrons. The maximum atomic E-state index is 11.5. The van der Waals surface area contributed by atoms with E-state index in [0.29, 0.717) is 24.5 Å². The lowest BCUT2D eigenvalue weighted by atomic mass is 9.87. The van der Waals surface area contributed by atoms with E-state index in [4.69, 9.17) is 4.74 Å². The second-order valence-electron chi connectivity index (χ2n) is 7.77. The first-order valence-electron chi connectivity index (χ1n) is 10.3. The standard InChI is InChI=1S/C25H26N2O3/c1-27(17-18-5-3-2-4-6-18)21-9-10-22-19(12-14-30-24(22)15-21)7-8-20-16-26-13-11-23(20)25(28)29/h2-6,9-11,13,15-16,19H,7-8,12,14,17H2,1H3,(H,28,29). The minimum atomic E-state index is -0.897. The van der Waals surface area contributed by atoms with Gasteiger partial charge in [0.05, 0.1) is 12.2 Å². The normalized spacial score (nSPS) is 15.2. The quantitative estimate of drug-likeness (QED) is 0.608. The molecular weight excluding hydrogens is 376 g/mol. The molecule has 1 aliphatic rings. The van der Waals surface area contributed by atoms with Gasteiger partial charge in [0.15, 0.2) is 0 Å². The molecule has 1 aromatic heterocycles. The van der Waals surface area contributed by atoms with Crippen LogP contribution in [0.25, 0.3) is 0 Å². The lowest BCUT2D eigenvalue weighted by Gasteiger charge is -2.28. The Morgan fingerprint density at radius 2 is 2.03 bits per heavy atom. The lowest BCUT2D eigenvalue weighted by molar-refractivity contribution is 0.0695. The zero-order valence-corrected chi connectivity index (χ0v) is 17.1. The number of aromatic nitrogens is 1. The predicted octanol–water partition coefficient (Wildman–Crippen LogP) is 4.92. The van der Waals surface area contributed by atoms with E-state index < -0.39 is 5.97 Å². The van der Waals surface area contributed by atoms with Crippen LogP contribution in [0.1, 0.15) is 45.8 Å². The highest BCUT2D eigenvalue weighted by atomic mass is 16.5. The third-order valence-electron chi connectivity index (χ3n) is 5.76. The Morgan fingerprint density at radius 1 is 1.20 bits per heavy atom. The molecule has 5 nitrogen and oxygen atoms in total.